The topological polar surface area (TPSA) is 85.2 Å². The fraction of sp³-hybridized carbons (Fsp3) is 0.500. The smallest absolute Gasteiger partial charge is 0.225 e. The summed E-state index contributed by atoms with van der Waals surface area (Å²) in [5, 5.41) is 0. The maximum Gasteiger partial charge on any atom is 0.225 e. The molecule has 1 amide bonds. The van der Waals surface area contributed by atoms with Crippen molar-refractivity contribution in [2.45, 2.75) is 20.3 Å². The van der Waals surface area contributed by atoms with Gasteiger partial charge in [0.05, 0.1) is 16.8 Å². The first-order chi connectivity index (χ1) is 7.92. The molecule has 92 valence electrons. The Balaban J connectivity index is 2.21. The maximum atomic E-state index is 11.4. The molecule has 1 atom stereocenters. The van der Waals surface area contributed by atoms with Gasteiger partial charge in [0.15, 0.2) is 0 Å². The van der Waals surface area contributed by atoms with Gasteiger partial charge in [-0.2, -0.15) is 0 Å². The third-order valence-corrected chi connectivity index (χ3v) is 3.50. The van der Waals surface area contributed by atoms with Crippen molar-refractivity contribution in [2.24, 2.45) is 11.1 Å². The number of aryl methyl sites for hydroxylation is 1. The molecular weight excluding hydrogens is 216 g/mol. The summed E-state index contributed by atoms with van der Waals surface area (Å²) in [6.45, 7) is 5.20. The van der Waals surface area contributed by atoms with E-state index in [4.69, 9.17) is 11.5 Å². The van der Waals surface area contributed by atoms with Gasteiger partial charge in [0.1, 0.15) is 5.82 Å². The molecule has 5 heteroatoms. The van der Waals surface area contributed by atoms with Gasteiger partial charge in [-0.25, -0.2) is 4.98 Å². The summed E-state index contributed by atoms with van der Waals surface area (Å²) < 4.78 is 0. The van der Waals surface area contributed by atoms with E-state index in [1.807, 2.05) is 26.0 Å². The minimum Gasteiger partial charge on any atom is -0.397 e. The van der Waals surface area contributed by atoms with Crippen molar-refractivity contribution in [3.8, 4) is 0 Å². The van der Waals surface area contributed by atoms with E-state index >= 15 is 0 Å². The molecule has 1 unspecified atom stereocenters. The van der Waals surface area contributed by atoms with Gasteiger partial charge in [0.2, 0.25) is 5.91 Å². The Morgan fingerprint density at radius 1 is 1.53 bits per heavy atom. The van der Waals surface area contributed by atoms with Crippen molar-refractivity contribution < 1.29 is 4.79 Å². The highest BCUT2D eigenvalue weighted by atomic mass is 16.1. The molecule has 1 aliphatic rings. The average molecular weight is 234 g/mol. The van der Waals surface area contributed by atoms with Crippen LogP contribution >= 0.6 is 0 Å². The van der Waals surface area contributed by atoms with Crippen LogP contribution in [0.4, 0.5) is 11.5 Å². The van der Waals surface area contributed by atoms with Crippen molar-refractivity contribution >= 4 is 17.4 Å². The van der Waals surface area contributed by atoms with Crippen molar-refractivity contribution in [1.29, 1.82) is 0 Å². The number of primary amides is 1. The average Bonchev–Trinajstić information content (AvgIpc) is 2.67. The molecule has 0 aromatic carbocycles. The highest BCUT2D eigenvalue weighted by Gasteiger charge is 2.39. The summed E-state index contributed by atoms with van der Waals surface area (Å²) >= 11 is 0. The standard InChI is InChI=1S/C12H18N4O/c1-8-9(13)3-4-10(15-8)16-6-5-12(2,7-16)11(14)17/h3-4H,5-7,13H2,1-2H3,(H2,14,17). The van der Waals surface area contributed by atoms with Crippen LogP contribution in [0.5, 0.6) is 0 Å². The molecule has 1 aliphatic heterocycles. The van der Waals surface area contributed by atoms with Crippen LogP contribution in [0, 0.1) is 12.3 Å². The molecule has 1 fully saturated rings. The monoisotopic (exact) mass is 234 g/mol. The van der Waals surface area contributed by atoms with Gasteiger partial charge < -0.3 is 16.4 Å². The van der Waals surface area contributed by atoms with Gasteiger partial charge in [0.25, 0.3) is 0 Å². The Morgan fingerprint density at radius 3 is 2.76 bits per heavy atom. The van der Waals surface area contributed by atoms with E-state index in [1.54, 1.807) is 0 Å². The van der Waals surface area contributed by atoms with Crippen LogP contribution in [-0.4, -0.2) is 24.0 Å². The molecule has 0 bridgehead atoms. The predicted molar refractivity (Wildman–Crippen MR) is 67.5 cm³/mol. The minimum atomic E-state index is -0.447. The highest BCUT2D eigenvalue weighted by molar-refractivity contribution is 5.82. The first-order valence-electron chi connectivity index (χ1n) is 5.70. The van der Waals surface area contributed by atoms with Gasteiger partial charge in [-0.15, -0.1) is 0 Å². The van der Waals surface area contributed by atoms with E-state index in [2.05, 4.69) is 9.88 Å². The summed E-state index contributed by atoms with van der Waals surface area (Å²) in [6, 6.07) is 3.73. The zero-order chi connectivity index (χ0) is 12.6. The molecule has 1 aromatic rings. The number of aromatic nitrogens is 1. The van der Waals surface area contributed by atoms with Crippen LogP contribution < -0.4 is 16.4 Å². The zero-order valence-corrected chi connectivity index (χ0v) is 10.2. The molecule has 1 saturated heterocycles. The predicted octanol–water partition coefficient (Wildman–Crippen LogP) is 0.674. The lowest BCUT2D eigenvalue weighted by molar-refractivity contribution is -0.125. The molecule has 2 heterocycles. The SMILES string of the molecule is Cc1nc(N2CCC(C)(C(N)=O)C2)ccc1N. The van der Waals surface area contributed by atoms with Crippen LogP contribution in [0.15, 0.2) is 12.1 Å². The van der Waals surface area contributed by atoms with Crippen molar-refractivity contribution in [3.63, 3.8) is 0 Å². The second-order valence-electron chi connectivity index (χ2n) is 4.94. The van der Waals surface area contributed by atoms with E-state index in [-0.39, 0.29) is 5.91 Å². The van der Waals surface area contributed by atoms with E-state index in [9.17, 15) is 4.79 Å². The van der Waals surface area contributed by atoms with Crippen LogP contribution in [0.1, 0.15) is 19.0 Å². The first-order valence-corrected chi connectivity index (χ1v) is 5.70. The summed E-state index contributed by atoms with van der Waals surface area (Å²) in [7, 11) is 0. The number of pyridine rings is 1. The number of anilines is 2. The summed E-state index contributed by atoms with van der Waals surface area (Å²) in [5.74, 6) is 0.619. The second kappa shape index (κ2) is 3.91. The molecule has 2 rings (SSSR count). The largest absolute Gasteiger partial charge is 0.397 e. The molecule has 0 saturated carbocycles. The van der Waals surface area contributed by atoms with Crippen LogP contribution in [0.3, 0.4) is 0 Å². The third-order valence-electron chi connectivity index (χ3n) is 3.50. The number of hydrogen-bond acceptors (Lipinski definition) is 4. The molecule has 17 heavy (non-hydrogen) atoms. The van der Waals surface area contributed by atoms with Crippen LogP contribution in [0.25, 0.3) is 0 Å². The Bertz CT molecular complexity index is 460. The van der Waals surface area contributed by atoms with Gasteiger partial charge in [-0.3, -0.25) is 4.79 Å². The first kappa shape index (κ1) is 11.7. The summed E-state index contributed by atoms with van der Waals surface area (Å²) in [5.41, 5.74) is 12.2. The van der Waals surface area contributed by atoms with E-state index in [0.29, 0.717) is 12.2 Å². The Morgan fingerprint density at radius 2 is 2.24 bits per heavy atom. The molecule has 0 spiro atoms. The Kier molecular flexibility index (Phi) is 2.69. The van der Waals surface area contributed by atoms with E-state index in [0.717, 1.165) is 24.5 Å². The van der Waals surface area contributed by atoms with Gasteiger partial charge in [-0.05, 0) is 32.4 Å². The fourth-order valence-corrected chi connectivity index (χ4v) is 2.09. The zero-order valence-electron chi connectivity index (χ0n) is 10.2. The van der Waals surface area contributed by atoms with E-state index in [1.165, 1.54) is 0 Å². The molecule has 5 nitrogen and oxygen atoms in total. The Labute approximate surface area is 101 Å². The van der Waals surface area contributed by atoms with Crippen LogP contribution in [-0.2, 0) is 4.79 Å². The normalized spacial score (nSPS) is 24.0. The number of hydrogen-bond donors (Lipinski definition) is 2. The van der Waals surface area contributed by atoms with Gasteiger partial charge in [0, 0.05) is 13.1 Å². The van der Waals surface area contributed by atoms with Crippen molar-refractivity contribution in [3.05, 3.63) is 17.8 Å². The lowest BCUT2D eigenvalue weighted by Gasteiger charge is -2.22. The number of nitrogens with zero attached hydrogens (tertiary/aromatic N) is 2. The van der Waals surface area contributed by atoms with Gasteiger partial charge >= 0.3 is 0 Å². The fourth-order valence-electron chi connectivity index (χ4n) is 2.09. The summed E-state index contributed by atoms with van der Waals surface area (Å²) in [4.78, 5) is 17.9. The maximum absolute atomic E-state index is 11.4. The number of carbonyl (C=O) groups excluding carboxylic acids is 1. The number of amides is 1. The number of carbonyl (C=O) groups is 1. The molecule has 0 radical (unpaired) electrons. The van der Waals surface area contributed by atoms with Gasteiger partial charge in [-0.1, -0.05) is 0 Å². The second-order valence-corrected chi connectivity index (χ2v) is 4.94. The van der Waals surface area contributed by atoms with Crippen molar-refractivity contribution in [2.75, 3.05) is 23.7 Å². The number of nitrogens with two attached hydrogens (primary N) is 2. The molecular formula is C12H18N4O. The summed E-state index contributed by atoms with van der Waals surface area (Å²) in [6.07, 6.45) is 0.771. The quantitative estimate of drug-likeness (QED) is 0.787. The third kappa shape index (κ3) is 2.05. The number of rotatable bonds is 2. The number of nitrogen functional groups attached to an aromatic ring is 1. The molecule has 4 N–H and O–H groups in total. The molecule has 1 aromatic heterocycles. The molecule has 0 aliphatic carbocycles. The minimum absolute atomic E-state index is 0.243. The van der Waals surface area contributed by atoms with Crippen molar-refractivity contribution in [1.82, 2.24) is 4.98 Å². The lowest BCUT2D eigenvalue weighted by Crippen LogP contribution is -2.37. The van der Waals surface area contributed by atoms with E-state index < -0.39 is 5.41 Å². The highest BCUT2D eigenvalue weighted by Crippen LogP contribution is 2.32. The van der Waals surface area contributed by atoms with Crippen LogP contribution in [0.2, 0.25) is 0 Å². The Hall–Kier alpha value is -1.78. The lowest BCUT2D eigenvalue weighted by atomic mass is 9.89.